The van der Waals surface area contributed by atoms with Crippen molar-refractivity contribution in [2.75, 3.05) is 14.2 Å². The summed E-state index contributed by atoms with van der Waals surface area (Å²) in [7, 11) is 3.26. The maximum absolute atomic E-state index is 6.25. The molecule has 1 heterocycles. The highest BCUT2D eigenvalue weighted by Gasteiger charge is 2.17. The Balaban J connectivity index is 1.76. The van der Waals surface area contributed by atoms with Crippen molar-refractivity contribution in [3.63, 3.8) is 0 Å². The average Bonchev–Trinajstić information content (AvgIpc) is 2.83. The summed E-state index contributed by atoms with van der Waals surface area (Å²) in [6, 6.07) is 26.3. The monoisotopic (exact) mass is 551 g/mol. The summed E-state index contributed by atoms with van der Waals surface area (Å²) in [6.45, 7) is 0. The first-order valence-electron chi connectivity index (χ1n) is 9.96. The van der Waals surface area contributed by atoms with E-state index in [9.17, 15) is 0 Å². The number of ether oxygens (including phenoxy) is 2. The van der Waals surface area contributed by atoms with Crippen LogP contribution >= 0.6 is 31.9 Å². The van der Waals surface area contributed by atoms with Crippen LogP contribution in [-0.2, 0) is 0 Å². The van der Waals surface area contributed by atoms with Crippen molar-refractivity contribution in [3.8, 4) is 33.9 Å². The van der Waals surface area contributed by atoms with Gasteiger partial charge in [0.1, 0.15) is 0 Å². The van der Waals surface area contributed by atoms with Gasteiger partial charge in [0, 0.05) is 20.6 Å². The number of benzene rings is 3. The molecular formula is C27H21Br2O3+. The van der Waals surface area contributed by atoms with E-state index in [1.165, 1.54) is 0 Å². The van der Waals surface area contributed by atoms with Crippen molar-refractivity contribution in [2.24, 2.45) is 0 Å². The molecule has 0 bridgehead atoms. The third kappa shape index (κ3) is 5.29. The molecule has 0 saturated heterocycles. The lowest BCUT2D eigenvalue weighted by molar-refractivity contribution is 0.355. The second-order valence-corrected chi connectivity index (χ2v) is 8.91. The van der Waals surface area contributed by atoms with E-state index in [1.807, 2.05) is 72.8 Å². The van der Waals surface area contributed by atoms with E-state index < -0.39 is 0 Å². The minimum Gasteiger partial charge on any atom is -0.493 e. The summed E-state index contributed by atoms with van der Waals surface area (Å²) in [5.74, 6) is 2.93. The van der Waals surface area contributed by atoms with Gasteiger partial charge in [0.25, 0.3) is 0 Å². The van der Waals surface area contributed by atoms with E-state index in [-0.39, 0.29) is 0 Å². The second-order valence-electron chi connectivity index (χ2n) is 7.07. The predicted octanol–water partition coefficient (Wildman–Crippen LogP) is 8.61. The number of rotatable bonds is 6. The van der Waals surface area contributed by atoms with Crippen LogP contribution in [0.2, 0.25) is 0 Å². The van der Waals surface area contributed by atoms with Gasteiger partial charge in [-0.2, -0.15) is 0 Å². The molecule has 5 heteroatoms. The van der Waals surface area contributed by atoms with Crippen LogP contribution in [-0.4, -0.2) is 14.2 Å². The molecule has 3 aromatic carbocycles. The molecule has 160 valence electrons. The molecule has 4 aromatic rings. The van der Waals surface area contributed by atoms with Gasteiger partial charge >= 0.3 is 11.5 Å². The van der Waals surface area contributed by atoms with Crippen LogP contribution in [0.4, 0.5) is 0 Å². The standard InChI is InChI=1S/C27H21Br2O3/c1-30-25-14-4-18(15-27(25)31-2)3-13-24-16-21(19-5-9-22(28)10-6-19)17-26(32-24)20-7-11-23(29)12-8-20/h3-17H,1-2H3/q+1. The fourth-order valence-electron chi connectivity index (χ4n) is 3.30. The predicted molar refractivity (Wildman–Crippen MR) is 138 cm³/mol. The molecule has 0 spiro atoms. The molecule has 0 N–H and O–H groups in total. The Bertz CT molecular complexity index is 1180. The molecule has 0 amide bonds. The summed E-state index contributed by atoms with van der Waals surface area (Å²) < 4.78 is 19.1. The van der Waals surface area contributed by atoms with Gasteiger partial charge in [0.05, 0.1) is 31.9 Å². The average molecular weight is 553 g/mol. The van der Waals surface area contributed by atoms with Crippen LogP contribution in [0.5, 0.6) is 11.5 Å². The van der Waals surface area contributed by atoms with Gasteiger partial charge in [-0.25, -0.2) is 4.42 Å². The molecule has 0 aliphatic heterocycles. The smallest absolute Gasteiger partial charge is 0.361 e. The lowest BCUT2D eigenvalue weighted by atomic mass is 10.0. The maximum atomic E-state index is 6.25. The third-order valence-corrected chi connectivity index (χ3v) is 6.02. The van der Waals surface area contributed by atoms with Crippen molar-refractivity contribution in [1.82, 2.24) is 0 Å². The number of hydrogen-bond donors (Lipinski definition) is 0. The van der Waals surface area contributed by atoms with E-state index in [4.69, 9.17) is 13.9 Å². The number of methoxy groups -OCH3 is 2. The van der Waals surface area contributed by atoms with Gasteiger partial charge < -0.3 is 9.47 Å². The normalized spacial score (nSPS) is 11.0. The molecule has 3 nitrogen and oxygen atoms in total. The Morgan fingerprint density at radius 1 is 0.625 bits per heavy atom. The van der Waals surface area contributed by atoms with E-state index in [1.54, 1.807) is 14.2 Å². The van der Waals surface area contributed by atoms with Gasteiger partial charge in [-0.05, 0) is 65.7 Å². The second kappa shape index (κ2) is 10.2. The van der Waals surface area contributed by atoms with Gasteiger partial charge in [-0.1, -0.05) is 50.1 Å². The zero-order valence-corrected chi connectivity index (χ0v) is 20.8. The van der Waals surface area contributed by atoms with Gasteiger partial charge in [0.15, 0.2) is 11.5 Å². The van der Waals surface area contributed by atoms with Crippen LogP contribution < -0.4 is 9.47 Å². The van der Waals surface area contributed by atoms with Crippen LogP contribution in [0.3, 0.4) is 0 Å². The van der Waals surface area contributed by atoms with Gasteiger partial charge in [0.2, 0.25) is 0 Å². The summed E-state index contributed by atoms with van der Waals surface area (Å²) in [6.07, 6.45) is 3.96. The van der Waals surface area contributed by atoms with Crippen LogP contribution in [0.1, 0.15) is 11.3 Å². The molecule has 32 heavy (non-hydrogen) atoms. The van der Waals surface area contributed by atoms with Crippen LogP contribution in [0.15, 0.2) is 92.2 Å². The molecule has 0 radical (unpaired) electrons. The lowest BCUT2D eigenvalue weighted by Crippen LogP contribution is -1.90. The first-order valence-corrected chi connectivity index (χ1v) is 11.5. The summed E-state index contributed by atoms with van der Waals surface area (Å²) >= 11 is 7.01. The van der Waals surface area contributed by atoms with E-state index in [2.05, 4.69) is 50.1 Å². The van der Waals surface area contributed by atoms with Crippen molar-refractivity contribution >= 4 is 44.0 Å². The minimum absolute atomic E-state index is 0.686. The van der Waals surface area contributed by atoms with Crippen molar-refractivity contribution in [3.05, 3.63) is 99.1 Å². The molecule has 0 unspecified atom stereocenters. The highest BCUT2D eigenvalue weighted by molar-refractivity contribution is 9.10. The van der Waals surface area contributed by atoms with Crippen LogP contribution in [0.25, 0.3) is 34.6 Å². The number of halogens is 2. The Morgan fingerprint density at radius 3 is 1.88 bits per heavy atom. The lowest BCUT2D eigenvalue weighted by Gasteiger charge is -2.07. The van der Waals surface area contributed by atoms with Gasteiger partial charge in [-0.15, -0.1) is 0 Å². The third-order valence-electron chi connectivity index (χ3n) is 4.97. The molecule has 0 saturated carbocycles. The molecule has 1 aromatic heterocycles. The Hall–Kier alpha value is -2.89. The minimum atomic E-state index is 0.686. The Morgan fingerprint density at radius 2 is 1.25 bits per heavy atom. The summed E-state index contributed by atoms with van der Waals surface area (Å²) in [5, 5.41) is 0. The molecule has 0 fully saturated rings. The molecule has 0 aliphatic rings. The quantitative estimate of drug-likeness (QED) is 0.224. The van der Waals surface area contributed by atoms with Crippen molar-refractivity contribution in [2.45, 2.75) is 0 Å². The van der Waals surface area contributed by atoms with Crippen LogP contribution in [0, 0.1) is 0 Å². The largest absolute Gasteiger partial charge is 0.493 e. The molecule has 0 atom stereocenters. The first kappa shape index (κ1) is 22.3. The molecule has 0 aliphatic carbocycles. The maximum Gasteiger partial charge on any atom is 0.361 e. The highest BCUT2D eigenvalue weighted by Crippen LogP contribution is 2.32. The Kier molecular flexibility index (Phi) is 7.08. The van der Waals surface area contributed by atoms with Crippen molar-refractivity contribution < 1.29 is 13.9 Å². The molecular weight excluding hydrogens is 532 g/mol. The first-order chi connectivity index (χ1) is 15.6. The van der Waals surface area contributed by atoms with E-state index in [0.717, 1.165) is 42.7 Å². The molecule has 4 rings (SSSR count). The fourth-order valence-corrected chi connectivity index (χ4v) is 3.83. The van der Waals surface area contributed by atoms with E-state index in [0.29, 0.717) is 11.5 Å². The highest BCUT2D eigenvalue weighted by atomic mass is 79.9. The zero-order valence-electron chi connectivity index (χ0n) is 17.6. The van der Waals surface area contributed by atoms with E-state index >= 15 is 0 Å². The zero-order chi connectivity index (χ0) is 22.5. The number of hydrogen-bond acceptors (Lipinski definition) is 2. The summed E-state index contributed by atoms with van der Waals surface area (Å²) in [5.41, 5.74) is 4.18. The fraction of sp³-hybridized carbons (Fsp3) is 0.0741. The van der Waals surface area contributed by atoms with Crippen molar-refractivity contribution in [1.29, 1.82) is 0 Å². The summed E-state index contributed by atoms with van der Waals surface area (Å²) in [4.78, 5) is 0. The van der Waals surface area contributed by atoms with Gasteiger partial charge in [-0.3, -0.25) is 0 Å². The topological polar surface area (TPSA) is 29.8 Å². The Labute approximate surface area is 204 Å². The SMILES string of the molecule is COc1ccc(C=Cc2cc(-c3ccc(Br)cc3)cc(-c3ccc(Br)cc3)[o+]2)cc1OC.